The second-order valence-electron chi connectivity index (χ2n) is 7.86. The molecular formula is C27H27F3O3. The van der Waals surface area contributed by atoms with Gasteiger partial charge in [-0.1, -0.05) is 74.0 Å². The smallest absolute Gasteiger partial charge is 0.417 e. The van der Waals surface area contributed by atoms with Crippen molar-refractivity contribution >= 4 is 5.97 Å². The third kappa shape index (κ3) is 6.37. The van der Waals surface area contributed by atoms with E-state index in [-0.39, 0.29) is 24.2 Å². The standard InChI is InChI=1S/C27H27F3O3/c1-3-10-21(26(31)32-2)15-22-16-23(33-18-19-11-6-4-7-12-19)17-24(25(22)27(28,29)30)20-13-8-5-9-14-20/h4-9,11-14,16-17,21H,3,10,15,18H2,1-2H3. The number of hydrogen-bond donors (Lipinski definition) is 0. The molecule has 33 heavy (non-hydrogen) atoms. The van der Waals surface area contributed by atoms with E-state index in [1.54, 1.807) is 30.3 Å². The van der Waals surface area contributed by atoms with Crippen molar-refractivity contribution in [2.45, 2.75) is 39.0 Å². The third-order valence-corrected chi connectivity index (χ3v) is 5.45. The van der Waals surface area contributed by atoms with Gasteiger partial charge in [-0.15, -0.1) is 0 Å². The molecule has 0 aliphatic heterocycles. The fourth-order valence-corrected chi connectivity index (χ4v) is 3.92. The van der Waals surface area contributed by atoms with Crippen molar-refractivity contribution in [3.05, 3.63) is 89.5 Å². The number of halogens is 3. The van der Waals surface area contributed by atoms with Crippen LogP contribution in [0, 0.1) is 5.92 Å². The number of esters is 1. The molecule has 0 spiro atoms. The van der Waals surface area contributed by atoms with Gasteiger partial charge in [-0.05, 0) is 47.2 Å². The molecule has 174 valence electrons. The van der Waals surface area contributed by atoms with Crippen molar-refractivity contribution in [1.29, 1.82) is 0 Å². The molecule has 3 rings (SSSR count). The first-order chi connectivity index (χ1) is 15.8. The zero-order valence-electron chi connectivity index (χ0n) is 18.7. The Morgan fingerprint density at radius 1 is 0.970 bits per heavy atom. The lowest BCUT2D eigenvalue weighted by Crippen LogP contribution is -2.21. The summed E-state index contributed by atoms with van der Waals surface area (Å²) in [6, 6.07) is 20.7. The summed E-state index contributed by atoms with van der Waals surface area (Å²) in [5, 5.41) is 0. The Bertz CT molecular complexity index is 1050. The second-order valence-corrected chi connectivity index (χ2v) is 7.86. The van der Waals surface area contributed by atoms with E-state index in [1.165, 1.54) is 19.2 Å². The van der Waals surface area contributed by atoms with Crippen LogP contribution in [0.2, 0.25) is 0 Å². The van der Waals surface area contributed by atoms with E-state index in [1.807, 2.05) is 37.3 Å². The van der Waals surface area contributed by atoms with Crippen LogP contribution < -0.4 is 4.74 Å². The molecule has 3 aromatic rings. The molecule has 0 bridgehead atoms. The number of ether oxygens (including phenoxy) is 2. The minimum absolute atomic E-state index is 0.0239. The summed E-state index contributed by atoms with van der Waals surface area (Å²) < 4.78 is 53.8. The highest BCUT2D eigenvalue weighted by molar-refractivity contribution is 5.75. The molecule has 0 fully saturated rings. The van der Waals surface area contributed by atoms with Gasteiger partial charge in [0.15, 0.2) is 0 Å². The molecule has 0 aromatic heterocycles. The Morgan fingerprint density at radius 3 is 2.18 bits per heavy atom. The molecule has 6 heteroatoms. The Balaban J connectivity index is 2.11. The van der Waals surface area contributed by atoms with Crippen molar-refractivity contribution in [3.63, 3.8) is 0 Å². The molecule has 0 amide bonds. The lowest BCUT2D eigenvalue weighted by molar-refractivity contribution is -0.146. The largest absolute Gasteiger partial charge is 0.489 e. The molecule has 3 nitrogen and oxygen atoms in total. The van der Waals surface area contributed by atoms with E-state index in [2.05, 4.69) is 0 Å². The van der Waals surface area contributed by atoms with Crippen molar-refractivity contribution in [2.75, 3.05) is 7.11 Å². The van der Waals surface area contributed by atoms with E-state index in [0.717, 1.165) is 5.56 Å². The maximum Gasteiger partial charge on any atom is 0.417 e. The van der Waals surface area contributed by atoms with Gasteiger partial charge in [0, 0.05) is 0 Å². The number of hydrogen-bond acceptors (Lipinski definition) is 3. The maximum absolute atomic E-state index is 14.3. The zero-order valence-corrected chi connectivity index (χ0v) is 18.7. The molecule has 0 aliphatic rings. The molecule has 0 saturated heterocycles. The van der Waals surface area contributed by atoms with Gasteiger partial charge < -0.3 is 9.47 Å². The molecule has 0 radical (unpaired) electrons. The monoisotopic (exact) mass is 456 g/mol. The Morgan fingerprint density at radius 2 is 1.61 bits per heavy atom. The van der Waals surface area contributed by atoms with Crippen LogP contribution >= 0.6 is 0 Å². The molecular weight excluding hydrogens is 429 g/mol. The van der Waals surface area contributed by atoms with Crippen LogP contribution in [0.15, 0.2) is 72.8 Å². The minimum atomic E-state index is -4.61. The quantitative estimate of drug-likeness (QED) is 0.323. The average molecular weight is 457 g/mol. The zero-order chi connectivity index (χ0) is 23.8. The van der Waals surface area contributed by atoms with E-state index in [9.17, 15) is 18.0 Å². The van der Waals surface area contributed by atoms with Crippen LogP contribution in [0.3, 0.4) is 0 Å². The summed E-state index contributed by atoms with van der Waals surface area (Å²) >= 11 is 0. The van der Waals surface area contributed by atoms with Crippen LogP contribution in [0.5, 0.6) is 5.75 Å². The highest BCUT2D eigenvalue weighted by Gasteiger charge is 2.38. The predicted molar refractivity (Wildman–Crippen MR) is 122 cm³/mol. The van der Waals surface area contributed by atoms with Crippen LogP contribution in [-0.2, 0) is 28.7 Å². The summed E-state index contributed by atoms with van der Waals surface area (Å²) in [6.45, 7) is 2.10. The number of carbonyl (C=O) groups is 1. The highest BCUT2D eigenvalue weighted by Crippen LogP contribution is 2.43. The van der Waals surface area contributed by atoms with Crippen molar-refractivity contribution in [3.8, 4) is 16.9 Å². The summed E-state index contributed by atoms with van der Waals surface area (Å²) in [5.41, 5.74) is 0.644. The van der Waals surface area contributed by atoms with Gasteiger partial charge >= 0.3 is 12.1 Å². The summed E-state index contributed by atoms with van der Waals surface area (Å²) in [6.07, 6.45) is -3.61. The average Bonchev–Trinajstić information content (AvgIpc) is 2.82. The number of methoxy groups -OCH3 is 1. The lowest BCUT2D eigenvalue weighted by atomic mass is 9.88. The minimum Gasteiger partial charge on any atom is -0.489 e. The first-order valence-corrected chi connectivity index (χ1v) is 10.9. The molecule has 0 aliphatic carbocycles. The van der Waals surface area contributed by atoms with Crippen molar-refractivity contribution in [1.82, 2.24) is 0 Å². The van der Waals surface area contributed by atoms with E-state index in [4.69, 9.17) is 9.47 Å². The van der Waals surface area contributed by atoms with E-state index < -0.39 is 23.6 Å². The summed E-state index contributed by atoms with van der Waals surface area (Å²) in [7, 11) is 1.25. The van der Waals surface area contributed by atoms with Gasteiger partial charge in [0.2, 0.25) is 0 Å². The Kier molecular flexibility index (Phi) is 8.15. The fraction of sp³-hybridized carbons (Fsp3) is 0.296. The Labute approximate surface area is 192 Å². The second kappa shape index (κ2) is 11.0. The van der Waals surface area contributed by atoms with Crippen molar-refractivity contribution in [2.24, 2.45) is 5.92 Å². The summed E-state index contributed by atoms with van der Waals surface area (Å²) in [4.78, 5) is 12.3. The van der Waals surface area contributed by atoms with Gasteiger partial charge in [-0.2, -0.15) is 13.2 Å². The summed E-state index contributed by atoms with van der Waals surface area (Å²) in [5.74, 6) is -0.864. The molecule has 3 aromatic carbocycles. The van der Waals surface area contributed by atoms with Crippen LogP contribution in [0.25, 0.3) is 11.1 Å². The fourth-order valence-electron chi connectivity index (χ4n) is 3.92. The number of alkyl halides is 3. The number of rotatable bonds is 9. The molecule has 0 N–H and O–H groups in total. The van der Waals surface area contributed by atoms with Gasteiger partial charge in [0.05, 0.1) is 18.6 Å². The van der Waals surface area contributed by atoms with Crippen molar-refractivity contribution < 1.29 is 27.4 Å². The Hall–Kier alpha value is -3.28. The van der Waals surface area contributed by atoms with Crippen LogP contribution in [0.1, 0.15) is 36.5 Å². The predicted octanol–water partition coefficient (Wildman–Crippen LogP) is 7.08. The highest BCUT2D eigenvalue weighted by atomic mass is 19.4. The molecule has 0 saturated carbocycles. The first-order valence-electron chi connectivity index (χ1n) is 10.9. The molecule has 1 atom stereocenters. The maximum atomic E-state index is 14.3. The van der Waals surface area contributed by atoms with E-state index in [0.29, 0.717) is 24.2 Å². The molecule has 1 unspecified atom stereocenters. The van der Waals surface area contributed by atoms with Crippen LogP contribution in [-0.4, -0.2) is 13.1 Å². The van der Waals surface area contributed by atoms with Gasteiger partial charge in [0.25, 0.3) is 0 Å². The first kappa shape index (κ1) is 24.4. The van der Waals surface area contributed by atoms with Gasteiger partial charge in [-0.3, -0.25) is 4.79 Å². The number of benzene rings is 3. The van der Waals surface area contributed by atoms with E-state index >= 15 is 0 Å². The third-order valence-electron chi connectivity index (χ3n) is 5.45. The normalized spacial score (nSPS) is 12.3. The lowest BCUT2D eigenvalue weighted by Gasteiger charge is -2.22. The number of carbonyl (C=O) groups excluding carboxylic acids is 1. The van der Waals surface area contributed by atoms with Gasteiger partial charge in [0.1, 0.15) is 12.4 Å². The van der Waals surface area contributed by atoms with Gasteiger partial charge in [-0.25, -0.2) is 0 Å². The SMILES string of the molecule is CCCC(Cc1cc(OCc2ccccc2)cc(-c2ccccc2)c1C(F)(F)F)C(=O)OC. The topological polar surface area (TPSA) is 35.5 Å². The molecule has 0 heterocycles. The van der Waals surface area contributed by atoms with Crippen LogP contribution in [0.4, 0.5) is 13.2 Å².